The Labute approximate surface area is 91.8 Å². The van der Waals surface area contributed by atoms with Gasteiger partial charge in [-0.15, -0.1) is 0 Å². The first-order valence-corrected chi connectivity index (χ1v) is 5.41. The molecule has 0 saturated carbocycles. The molecule has 5 heteroatoms. The average Bonchev–Trinajstić information content (AvgIpc) is 2.45. The minimum absolute atomic E-state index is 0.120. The standard InChI is InChI=1S/C9H14BrN3O/c1-3-4-5-11-9(14)8-7(10)6-13(2)12-8/h6H,3-5H2,1-2H3,(H,11,14). The molecule has 14 heavy (non-hydrogen) atoms. The molecule has 0 bridgehead atoms. The van der Waals surface area contributed by atoms with Crippen molar-refractivity contribution in [2.24, 2.45) is 7.05 Å². The Hall–Kier alpha value is -0.840. The SMILES string of the molecule is CCCCNC(=O)c1nn(C)cc1Br. The molecule has 1 amide bonds. The second-order valence-electron chi connectivity index (χ2n) is 3.11. The normalized spacial score (nSPS) is 10.2. The molecule has 0 spiro atoms. The van der Waals surface area contributed by atoms with Gasteiger partial charge in [0.15, 0.2) is 5.69 Å². The number of amides is 1. The van der Waals surface area contributed by atoms with Crippen LogP contribution in [0.2, 0.25) is 0 Å². The molecule has 1 aromatic rings. The number of hydrogen-bond donors (Lipinski definition) is 1. The van der Waals surface area contributed by atoms with Crippen molar-refractivity contribution in [1.82, 2.24) is 15.1 Å². The molecule has 0 unspecified atom stereocenters. The van der Waals surface area contributed by atoms with Crippen molar-refractivity contribution in [3.05, 3.63) is 16.4 Å². The van der Waals surface area contributed by atoms with Crippen molar-refractivity contribution in [2.45, 2.75) is 19.8 Å². The Morgan fingerprint density at radius 1 is 1.71 bits per heavy atom. The monoisotopic (exact) mass is 259 g/mol. The summed E-state index contributed by atoms with van der Waals surface area (Å²) in [4.78, 5) is 11.5. The fourth-order valence-corrected chi connectivity index (χ4v) is 1.63. The van der Waals surface area contributed by atoms with Crippen molar-refractivity contribution in [3.8, 4) is 0 Å². The zero-order valence-corrected chi connectivity index (χ0v) is 9.97. The molecule has 0 radical (unpaired) electrons. The van der Waals surface area contributed by atoms with E-state index >= 15 is 0 Å². The summed E-state index contributed by atoms with van der Waals surface area (Å²) < 4.78 is 2.34. The number of nitrogens with one attached hydrogen (secondary N) is 1. The zero-order chi connectivity index (χ0) is 10.6. The summed E-state index contributed by atoms with van der Waals surface area (Å²) in [5.74, 6) is -0.120. The van der Waals surface area contributed by atoms with Gasteiger partial charge in [0, 0.05) is 19.8 Å². The van der Waals surface area contributed by atoms with Crippen molar-refractivity contribution in [2.75, 3.05) is 6.54 Å². The Balaban J connectivity index is 2.56. The van der Waals surface area contributed by atoms with Gasteiger partial charge in [0.2, 0.25) is 0 Å². The molecular formula is C9H14BrN3O. The van der Waals surface area contributed by atoms with Crippen LogP contribution in [0, 0.1) is 0 Å². The number of carbonyl (C=O) groups is 1. The van der Waals surface area contributed by atoms with E-state index < -0.39 is 0 Å². The van der Waals surface area contributed by atoms with Gasteiger partial charge >= 0.3 is 0 Å². The Morgan fingerprint density at radius 3 is 2.93 bits per heavy atom. The molecule has 1 aromatic heterocycles. The summed E-state index contributed by atoms with van der Waals surface area (Å²) in [5.41, 5.74) is 0.448. The van der Waals surface area contributed by atoms with Gasteiger partial charge in [-0.25, -0.2) is 0 Å². The maximum atomic E-state index is 11.5. The number of halogens is 1. The lowest BCUT2D eigenvalue weighted by molar-refractivity contribution is 0.0946. The first-order valence-electron chi connectivity index (χ1n) is 4.62. The predicted octanol–water partition coefficient (Wildman–Crippen LogP) is 1.71. The van der Waals surface area contributed by atoms with Crippen LogP contribution >= 0.6 is 15.9 Å². The van der Waals surface area contributed by atoms with E-state index in [-0.39, 0.29) is 5.91 Å². The molecular weight excluding hydrogens is 246 g/mol. The summed E-state index contributed by atoms with van der Waals surface area (Å²) in [6, 6.07) is 0. The zero-order valence-electron chi connectivity index (χ0n) is 8.38. The lowest BCUT2D eigenvalue weighted by Gasteiger charge is -2.01. The summed E-state index contributed by atoms with van der Waals surface area (Å²) in [6.45, 7) is 2.79. The van der Waals surface area contributed by atoms with E-state index in [1.807, 2.05) is 0 Å². The number of carbonyl (C=O) groups excluding carboxylic acids is 1. The van der Waals surface area contributed by atoms with E-state index in [1.54, 1.807) is 17.9 Å². The minimum atomic E-state index is -0.120. The van der Waals surface area contributed by atoms with Crippen molar-refractivity contribution >= 4 is 21.8 Å². The maximum Gasteiger partial charge on any atom is 0.272 e. The highest BCUT2D eigenvalue weighted by Gasteiger charge is 2.12. The van der Waals surface area contributed by atoms with Crippen molar-refractivity contribution < 1.29 is 4.79 Å². The third-order valence-corrected chi connectivity index (χ3v) is 2.40. The van der Waals surface area contributed by atoms with E-state index in [9.17, 15) is 4.79 Å². The largest absolute Gasteiger partial charge is 0.351 e. The van der Waals surface area contributed by atoms with Crippen LogP contribution in [-0.2, 0) is 7.05 Å². The van der Waals surface area contributed by atoms with Crippen LogP contribution in [0.4, 0.5) is 0 Å². The second-order valence-corrected chi connectivity index (χ2v) is 3.96. The van der Waals surface area contributed by atoms with E-state index in [0.717, 1.165) is 17.3 Å². The maximum absolute atomic E-state index is 11.5. The van der Waals surface area contributed by atoms with Crippen LogP contribution in [0.3, 0.4) is 0 Å². The summed E-state index contributed by atoms with van der Waals surface area (Å²) in [6.07, 6.45) is 3.83. The number of aromatic nitrogens is 2. The minimum Gasteiger partial charge on any atom is -0.351 e. The molecule has 1 N–H and O–H groups in total. The fourth-order valence-electron chi connectivity index (χ4n) is 1.08. The van der Waals surface area contributed by atoms with Gasteiger partial charge in [0.25, 0.3) is 5.91 Å². The van der Waals surface area contributed by atoms with Crippen molar-refractivity contribution in [1.29, 1.82) is 0 Å². The second kappa shape index (κ2) is 5.14. The highest BCUT2D eigenvalue weighted by atomic mass is 79.9. The van der Waals surface area contributed by atoms with Gasteiger partial charge in [0.1, 0.15) is 0 Å². The summed E-state index contributed by atoms with van der Waals surface area (Å²) in [7, 11) is 1.79. The lowest BCUT2D eigenvalue weighted by Crippen LogP contribution is -2.25. The number of unbranched alkanes of at least 4 members (excludes halogenated alkanes) is 1. The van der Waals surface area contributed by atoms with Crippen LogP contribution in [0.1, 0.15) is 30.3 Å². The summed E-state index contributed by atoms with van der Waals surface area (Å²) in [5, 5.41) is 6.86. The molecule has 4 nitrogen and oxygen atoms in total. The topological polar surface area (TPSA) is 46.9 Å². The van der Waals surface area contributed by atoms with Crippen LogP contribution in [0.5, 0.6) is 0 Å². The Kier molecular flexibility index (Phi) is 4.13. The molecule has 0 atom stereocenters. The highest BCUT2D eigenvalue weighted by molar-refractivity contribution is 9.10. The Morgan fingerprint density at radius 2 is 2.43 bits per heavy atom. The van der Waals surface area contributed by atoms with Crippen LogP contribution in [0.15, 0.2) is 10.7 Å². The fraction of sp³-hybridized carbons (Fsp3) is 0.556. The average molecular weight is 260 g/mol. The smallest absolute Gasteiger partial charge is 0.272 e. The van der Waals surface area contributed by atoms with Crippen LogP contribution < -0.4 is 5.32 Å². The van der Waals surface area contributed by atoms with Gasteiger partial charge in [-0.1, -0.05) is 13.3 Å². The Bertz CT molecular complexity index is 322. The van der Waals surface area contributed by atoms with Gasteiger partial charge in [-0.05, 0) is 22.4 Å². The van der Waals surface area contributed by atoms with E-state index in [0.29, 0.717) is 12.2 Å². The summed E-state index contributed by atoms with van der Waals surface area (Å²) >= 11 is 3.28. The third-order valence-electron chi connectivity index (χ3n) is 1.82. The molecule has 0 saturated heterocycles. The van der Waals surface area contributed by atoms with Crippen LogP contribution in [0.25, 0.3) is 0 Å². The third kappa shape index (κ3) is 2.83. The molecule has 0 aliphatic heterocycles. The molecule has 0 fully saturated rings. The lowest BCUT2D eigenvalue weighted by atomic mass is 10.3. The predicted molar refractivity (Wildman–Crippen MR) is 58.1 cm³/mol. The van der Waals surface area contributed by atoms with Gasteiger partial charge in [-0.2, -0.15) is 5.10 Å². The quantitative estimate of drug-likeness (QED) is 0.838. The molecule has 0 aliphatic rings. The van der Waals surface area contributed by atoms with E-state index in [4.69, 9.17) is 0 Å². The van der Waals surface area contributed by atoms with Gasteiger partial charge in [0.05, 0.1) is 4.47 Å². The molecule has 0 aliphatic carbocycles. The molecule has 1 rings (SSSR count). The van der Waals surface area contributed by atoms with Gasteiger partial charge in [-0.3, -0.25) is 9.48 Å². The number of hydrogen-bond acceptors (Lipinski definition) is 2. The molecule has 78 valence electrons. The van der Waals surface area contributed by atoms with Gasteiger partial charge < -0.3 is 5.32 Å². The number of rotatable bonds is 4. The van der Waals surface area contributed by atoms with E-state index in [2.05, 4.69) is 33.3 Å². The highest BCUT2D eigenvalue weighted by Crippen LogP contribution is 2.13. The van der Waals surface area contributed by atoms with E-state index in [1.165, 1.54) is 0 Å². The molecule has 0 aromatic carbocycles. The van der Waals surface area contributed by atoms with Crippen molar-refractivity contribution in [3.63, 3.8) is 0 Å². The number of aryl methyl sites for hydroxylation is 1. The first kappa shape index (κ1) is 11.2. The van der Waals surface area contributed by atoms with Crippen LogP contribution in [-0.4, -0.2) is 22.2 Å². The number of nitrogens with zero attached hydrogens (tertiary/aromatic N) is 2. The molecule has 1 heterocycles. The first-order chi connectivity index (χ1) is 6.65.